The molecule has 0 fully saturated rings. The topological polar surface area (TPSA) is 107 Å². The Balaban J connectivity index is 2.76. The van der Waals surface area contributed by atoms with E-state index in [0.29, 0.717) is 36.0 Å². The first-order valence-electron chi connectivity index (χ1n) is 7.29. The van der Waals surface area contributed by atoms with E-state index in [1.54, 1.807) is 26.0 Å². The van der Waals surface area contributed by atoms with Crippen molar-refractivity contribution in [1.82, 2.24) is 0 Å². The second-order valence-corrected chi connectivity index (χ2v) is 7.09. The van der Waals surface area contributed by atoms with Crippen LogP contribution >= 0.6 is 0 Å². The van der Waals surface area contributed by atoms with Crippen molar-refractivity contribution < 1.29 is 40.8 Å². The maximum Gasteiger partial charge on any atom is 0.405 e. The number of carbonyl (C=O) groups excluding carboxylic acids is 2. The zero-order chi connectivity index (χ0) is 20.3. The van der Waals surface area contributed by atoms with Crippen LogP contribution in [0.5, 0.6) is 5.75 Å². The number of aryl methyl sites for hydroxylation is 3. The van der Waals surface area contributed by atoms with Gasteiger partial charge in [0.2, 0.25) is 0 Å². The van der Waals surface area contributed by atoms with E-state index in [-0.39, 0.29) is 0 Å². The van der Waals surface area contributed by atoms with Crippen molar-refractivity contribution in [3.8, 4) is 5.75 Å². The van der Waals surface area contributed by atoms with Gasteiger partial charge in [-0.05, 0) is 38.8 Å². The molecule has 0 aliphatic carbocycles. The summed E-state index contributed by atoms with van der Waals surface area (Å²) < 4.78 is 65.3. The van der Waals surface area contributed by atoms with Gasteiger partial charge >= 0.3 is 27.3 Å². The van der Waals surface area contributed by atoms with E-state index >= 15 is 0 Å². The van der Waals surface area contributed by atoms with Crippen LogP contribution in [0.2, 0.25) is 0 Å². The van der Waals surface area contributed by atoms with Gasteiger partial charge < -0.3 is 9.47 Å². The monoisotopic (exact) mass is 392 g/mol. The molecule has 1 aromatic carbocycles. The first-order valence-corrected chi connectivity index (χ1v) is 8.73. The fraction of sp³-hybridized carbons (Fsp3) is 0.375. The molecule has 1 atom stereocenters. The van der Waals surface area contributed by atoms with Crippen LogP contribution < -0.4 is 4.74 Å². The molecule has 0 saturated heterocycles. The zero-order valence-corrected chi connectivity index (χ0v) is 15.3. The van der Waals surface area contributed by atoms with E-state index in [2.05, 4.69) is 4.74 Å². The smallest absolute Gasteiger partial charge is 0.405 e. The molecule has 0 aromatic heterocycles. The van der Waals surface area contributed by atoms with Gasteiger partial charge in [0, 0.05) is 12.2 Å². The lowest BCUT2D eigenvalue weighted by atomic mass is 10.1. The zero-order valence-electron chi connectivity index (χ0n) is 14.4. The average Bonchev–Trinajstić information content (AvgIpc) is 2.47. The molecular formula is C16H18F2O7S. The fourth-order valence-electron chi connectivity index (χ4n) is 2.09. The summed E-state index contributed by atoms with van der Waals surface area (Å²) in [5.74, 6) is -2.06. The number of carbonyl (C=O) groups is 2. The highest BCUT2D eigenvalue weighted by Gasteiger charge is 2.51. The second kappa shape index (κ2) is 7.92. The Morgan fingerprint density at radius 1 is 1.12 bits per heavy atom. The van der Waals surface area contributed by atoms with Crippen molar-refractivity contribution in [3.05, 3.63) is 41.0 Å². The van der Waals surface area contributed by atoms with Gasteiger partial charge in [0.15, 0.2) is 6.10 Å². The fourth-order valence-corrected chi connectivity index (χ4v) is 2.56. The third-order valence-electron chi connectivity index (χ3n) is 3.27. The molecule has 0 heterocycles. The van der Waals surface area contributed by atoms with Crippen molar-refractivity contribution in [1.29, 1.82) is 0 Å². The third kappa shape index (κ3) is 5.33. The van der Waals surface area contributed by atoms with Gasteiger partial charge in [-0.25, -0.2) is 9.59 Å². The van der Waals surface area contributed by atoms with Gasteiger partial charge in [-0.2, -0.15) is 17.2 Å². The lowest BCUT2D eigenvalue weighted by molar-refractivity contribution is -0.153. The Labute approximate surface area is 149 Å². The van der Waals surface area contributed by atoms with Gasteiger partial charge in [-0.1, -0.05) is 17.7 Å². The summed E-state index contributed by atoms with van der Waals surface area (Å²) in [6.45, 7) is 5.89. The molecular weight excluding hydrogens is 374 g/mol. The first kappa shape index (κ1) is 21.7. The number of ether oxygens (including phenoxy) is 2. The predicted molar refractivity (Wildman–Crippen MR) is 87.5 cm³/mol. The molecule has 1 N–H and O–H groups in total. The minimum Gasteiger partial charge on any atom is -0.452 e. The van der Waals surface area contributed by atoms with Gasteiger partial charge in [0.25, 0.3) is 0 Å². The van der Waals surface area contributed by atoms with E-state index in [9.17, 15) is 26.8 Å². The van der Waals surface area contributed by atoms with E-state index in [1.807, 2.05) is 6.92 Å². The molecule has 26 heavy (non-hydrogen) atoms. The Morgan fingerprint density at radius 3 is 2.04 bits per heavy atom. The number of rotatable bonds is 6. The standard InChI is InChI=1S/C16H18F2O7S/c1-9-7-10(2)15(11(3)8-9)25-14(20)6-5-13(19)24-12(4)16(17,18)26(21,22)23/h5-8,12H,1-4H3,(H,21,22,23)/b6-5+. The van der Waals surface area contributed by atoms with Crippen LogP contribution in [0, 0.1) is 20.8 Å². The maximum absolute atomic E-state index is 13.3. The summed E-state index contributed by atoms with van der Waals surface area (Å²) >= 11 is 0. The molecule has 0 saturated carbocycles. The highest BCUT2D eigenvalue weighted by atomic mass is 32.2. The van der Waals surface area contributed by atoms with Crippen molar-refractivity contribution in [2.24, 2.45) is 0 Å². The maximum atomic E-state index is 13.3. The van der Waals surface area contributed by atoms with Crippen LogP contribution in [0.4, 0.5) is 8.78 Å². The highest BCUT2D eigenvalue weighted by molar-refractivity contribution is 7.86. The molecule has 0 bridgehead atoms. The summed E-state index contributed by atoms with van der Waals surface area (Å²) in [6, 6.07) is 3.57. The van der Waals surface area contributed by atoms with Crippen molar-refractivity contribution in [2.45, 2.75) is 39.1 Å². The summed E-state index contributed by atoms with van der Waals surface area (Å²) in [7, 11) is -5.76. The SMILES string of the molecule is Cc1cc(C)c(OC(=O)/C=C/C(=O)OC(C)C(F)(F)S(=O)(=O)O)c(C)c1. The summed E-state index contributed by atoms with van der Waals surface area (Å²) in [4.78, 5) is 23.2. The van der Waals surface area contributed by atoms with Crippen molar-refractivity contribution >= 4 is 22.1 Å². The first-order chi connectivity index (χ1) is 11.8. The van der Waals surface area contributed by atoms with Gasteiger partial charge in [0.05, 0.1) is 0 Å². The van der Waals surface area contributed by atoms with Gasteiger partial charge in [-0.3, -0.25) is 4.55 Å². The van der Waals surface area contributed by atoms with Gasteiger partial charge in [0.1, 0.15) is 5.75 Å². The van der Waals surface area contributed by atoms with Crippen LogP contribution in [0.1, 0.15) is 23.6 Å². The van der Waals surface area contributed by atoms with Crippen LogP contribution in [0.15, 0.2) is 24.3 Å². The summed E-state index contributed by atoms with van der Waals surface area (Å²) in [6.07, 6.45) is -1.30. The summed E-state index contributed by atoms with van der Waals surface area (Å²) in [5, 5.41) is -4.69. The number of alkyl halides is 2. The molecule has 1 aromatic rings. The van der Waals surface area contributed by atoms with E-state index < -0.39 is 33.4 Å². The van der Waals surface area contributed by atoms with E-state index in [0.717, 1.165) is 5.56 Å². The summed E-state index contributed by atoms with van der Waals surface area (Å²) in [5.41, 5.74) is 2.34. The molecule has 0 radical (unpaired) electrons. The minimum atomic E-state index is -5.76. The lowest BCUT2D eigenvalue weighted by Crippen LogP contribution is -2.41. The molecule has 144 valence electrons. The molecule has 0 aliphatic rings. The van der Waals surface area contributed by atoms with Gasteiger partial charge in [-0.15, -0.1) is 0 Å². The van der Waals surface area contributed by atoms with Crippen molar-refractivity contribution in [2.75, 3.05) is 0 Å². The predicted octanol–water partition coefficient (Wildman–Crippen LogP) is 2.49. The Kier molecular flexibility index (Phi) is 6.61. The van der Waals surface area contributed by atoms with E-state index in [4.69, 9.17) is 9.29 Å². The number of hydrogen-bond acceptors (Lipinski definition) is 6. The van der Waals surface area contributed by atoms with Crippen LogP contribution in [-0.2, 0) is 24.4 Å². The lowest BCUT2D eigenvalue weighted by Gasteiger charge is -2.19. The van der Waals surface area contributed by atoms with Crippen molar-refractivity contribution in [3.63, 3.8) is 0 Å². The molecule has 1 unspecified atom stereocenters. The number of benzene rings is 1. The number of halogens is 2. The Bertz CT molecular complexity index is 821. The van der Waals surface area contributed by atoms with Crippen LogP contribution in [0.25, 0.3) is 0 Å². The molecule has 10 heteroatoms. The second-order valence-electron chi connectivity index (χ2n) is 5.60. The average molecular weight is 392 g/mol. The molecule has 0 amide bonds. The number of esters is 2. The van der Waals surface area contributed by atoms with Crippen LogP contribution in [-0.4, -0.2) is 36.3 Å². The largest absolute Gasteiger partial charge is 0.452 e. The van der Waals surface area contributed by atoms with E-state index in [1.165, 1.54) is 0 Å². The molecule has 0 aliphatic heterocycles. The Morgan fingerprint density at radius 2 is 1.58 bits per heavy atom. The normalized spacial score (nSPS) is 13.5. The third-order valence-corrected chi connectivity index (χ3v) is 4.29. The van der Waals surface area contributed by atoms with Crippen LogP contribution in [0.3, 0.4) is 0 Å². The Hall–Kier alpha value is -2.33. The molecule has 0 spiro atoms. The minimum absolute atomic E-state index is 0.296. The quantitative estimate of drug-likeness (QED) is 0.343. The molecule has 7 nitrogen and oxygen atoms in total. The number of hydrogen-bond donors (Lipinski definition) is 1. The molecule has 1 rings (SSSR count). The highest BCUT2D eigenvalue weighted by Crippen LogP contribution is 2.27.